The van der Waals surface area contributed by atoms with Gasteiger partial charge >= 0.3 is 0 Å². The van der Waals surface area contributed by atoms with Crippen molar-refractivity contribution in [3.8, 4) is 0 Å². The number of thiophene rings is 1. The summed E-state index contributed by atoms with van der Waals surface area (Å²) < 4.78 is 0. The molecule has 0 bridgehead atoms. The molecule has 3 rings (SSSR count). The molecule has 1 heterocycles. The molecule has 1 aliphatic carbocycles. The van der Waals surface area contributed by atoms with Crippen molar-refractivity contribution >= 4 is 68.7 Å². The Labute approximate surface area is 176 Å². The van der Waals surface area contributed by atoms with Gasteiger partial charge in [0.05, 0.1) is 16.1 Å². The molecule has 5 nitrogen and oxygen atoms in total. The first-order valence-electron chi connectivity index (χ1n) is 8.28. The predicted octanol–water partition coefficient (Wildman–Crippen LogP) is 4.41. The molecule has 0 fully saturated rings. The molecule has 2 amide bonds. The third-order valence-electron chi connectivity index (χ3n) is 4.39. The van der Waals surface area contributed by atoms with E-state index in [1.165, 1.54) is 23.5 Å². The number of hydrogen-bond acceptors (Lipinski definition) is 4. The maximum Gasteiger partial charge on any atom is 0.258 e. The van der Waals surface area contributed by atoms with E-state index in [1.54, 1.807) is 6.07 Å². The van der Waals surface area contributed by atoms with E-state index in [2.05, 4.69) is 17.6 Å². The van der Waals surface area contributed by atoms with Crippen LogP contribution in [0.1, 0.15) is 44.5 Å². The van der Waals surface area contributed by atoms with Gasteiger partial charge < -0.3 is 11.1 Å². The van der Waals surface area contributed by atoms with Gasteiger partial charge in [0.25, 0.3) is 11.8 Å². The first kappa shape index (κ1) is 20.1. The third kappa shape index (κ3) is 4.43. The lowest BCUT2D eigenvalue weighted by molar-refractivity contribution is 0.0975. The van der Waals surface area contributed by atoms with Gasteiger partial charge in [-0.1, -0.05) is 30.1 Å². The Kier molecular flexibility index (Phi) is 6.05. The van der Waals surface area contributed by atoms with Crippen LogP contribution in [0.2, 0.25) is 10.0 Å². The number of primary amides is 1. The van der Waals surface area contributed by atoms with Gasteiger partial charge in [0, 0.05) is 9.90 Å². The monoisotopic (exact) mass is 441 g/mol. The fourth-order valence-electron chi connectivity index (χ4n) is 3.08. The second-order valence-corrected chi connectivity index (χ2v) is 8.81. The molecule has 1 atom stereocenters. The topological polar surface area (TPSA) is 84.2 Å². The van der Waals surface area contributed by atoms with Gasteiger partial charge in [-0.3, -0.25) is 14.9 Å². The summed E-state index contributed by atoms with van der Waals surface area (Å²) in [4.78, 5) is 25.5. The fourth-order valence-corrected chi connectivity index (χ4v) is 5.13. The van der Waals surface area contributed by atoms with Crippen LogP contribution >= 0.6 is 46.8 Å². The van der Waals surface area contributed by atoms with Crippen LogP contribution in [0.15, 0.2) is 18.2 Å². The molecule has 9 heteroatoms. The summed E-state index contributed by atoms with van der Waals surface area (Å²) in [6.07, 6.45) is 2.72. The molecule has 142 valence electrons. The van der Waals surface area contributed by atoms with E-state index >= 15 is 0 Å². The Morgan fingerprint density at radius 2 is 2.07 bits per heavy atom. The molecule has 0 saturated carbocycles. The number of carbonyl (C=O) groups excluding carboxylic acids is 2. The van der Waals surface area contributed by atoms with Crippen LogP contribution in [0.25, 0.3) is 0 Å². The number of hydrogen-bond donors (Lipinski definition) is 3. The van der Waals surface area contributed by atoms with E-state index < -0.39 is 11.8 Å². The third-order valence-corrected chi connectivity index (χ3v) is 6.32. The molecule has 1 aromatic carbocycles. The largest absolute Gasteiger partial charge is 0.365 e. The van der Waals surface area contributed by atoms with Crippen LogP contribution in [0.5, 0.6) is 0 Å². The van der Waals surface area contributed by atoms with Gasteiger partial charge in [-0.25, -0.2) is 0 Å². The Morgan fingerprint density at radius 3 is 2.78 bits per heavy atom. The van der Waals surface area contributed by atoms with Crippen molar-refractivity contribution in [2.24, 2.45) is 11.7 Å². The van der Waals surface area contributed by atoms with E-state index in [-0.39, 0.29) is 15.7 Å². The number of nitrogens with one attached hydrogen (secondary N) is 2. The minimum absolute atomic E-state index is 0.0604. The standard InChI is InChI=1S/C18H17Cl2N3O2S2/c1-8-2-4-10-13(6-8)27-17(14(10)15(21)24)23-18(26)22-16(25)11-7-9(19)3-5-12(11)20/h3,5,7-8H,2,4,6H2,1H3,(H2,21,24)(H2,22,23,25,26)/t8-/m1/s1. The average Bonchev–Trinajstić information content (AvgIpc) is 2.93. The second-order valence-electron chi connectivity index (χ2n) is 6.45. The van der Waals surface area contributed by atoms with Gasteiger partial charge in [0.2, 0.25) is 0 Å². The maximum absolute atomic E-state index is 12.4. The number of fused-ring (bicyclic) bond motifs is 1. The van der Waals surface area contributed by atoms with E-state index in [4.69, 9.17) is 41.2 Å². The lowest BCUT2D eigenvalue weighted by Crippen LogP contribution is -2.34. The van der Waals surface area contributed by atoms with Crippen molar-refractivity contribution in [2.45, 2.75) is 26.2 Å². The molecule has 4 N–H and O–H groups in total. The summed E-state index contributed by atoms with van der Waals surface area (Å²) in [6.45, 7) is 2.18. The lowest BCUT2D eigenvalue weighted by Gasteiger charge is -2.18. The summed E-state index contributed by atoms with van der Waals surface area (Å²) >= 11 is 18.6. The molecule has 1 aromatic heterocycles. The molecule has 0 saturated heterocycles. The molecule has 0 unspecified atom stereocenters. The van der Waals surface area contributed by atoms with Gasteiger partial charge in [-0.2, -0.15) is 0 Å². The SMILES string of the molecule is C[C@@H]1CCc2c(sc(NC(=S)NC(=O)c3cc(Cl)ccc3Cl)c2C(N)=O)C1. The number of nitrogens with two attached hydrogens (primary N) is 1. The average molecular weight is 442 g/mol. The fraction of sp³-hybridized carbons (Fsp3) is 0.278. The van der Waals surface area contributed by atoms with Crippen molar-refractivity contribution in [3.63, 3.8) is 0 Å². The molecule has 27 heavy (non-hydrogen) atoms. The van der Waals surface area contributed by atoms with E-state index in [9.17, 15) is 9.59 Å². The van der Waals surface area contributed by atoms with Crippen LogP contribution in [-0.4, -0.2) is 16.9 Å². The van der Waals surface area contributed by atoms with Crippen molar-refractivity contribution in [1.82, 2.24) is 5.32 Å². The minimum Gasteiger partial charge on any atom is -0.365 e. The Bertz CT molecular complexity index is 943. The molecule has 0 aliphatic heterocycles. The highest BCUT2D eigenvalue weighted by molar-refractivity contribution is 7.80. The lowest BCUT2D eigenvalue weighted by atomic mass is 9.88. The highest BCUT2D eigenvalue weighted by atomic mass is 35.5. The van der Waals surface area contributed by atoms with Gasteiger partial charge in [0.15, 0.2) is 5.11 Å². The minimum atomic E-state index is -0.503. The number of carbonyl (C=O) groups is 2. The first-order chi connectivity index (χ1) is 12.8. The number of anilines is 1. The highest BCUT2D eigenvalue weighted by Crippen LogP contribution is 2.39. The van der Waals surface area contributed by atoms with E-state index in [0.29, 0.717) is 21.5 Å². The zero-order valence-corrected chi connectivity index (χ0v) is 17.5. The Morgan fingerprint density at radius 1 is 1.33 bits per heavy atom. The summed E-state index contributed by atoms with van der Waals surface area (Å²) in [5.41, 5.74) is 7.24. The zero-order chi connectivity index (χ0) is 19.7. The summed E-state index contributed by atoms with van der Waals surface area (Å²) in [7, 11) is 0. The second kappa shape index (κ2) is 8.14. The number of halogens is 2. The molecule has 0 spiro atoms. The highest BCUT2D eigenvalue weighted by Gasteiger charge is 2.27. The van der Waals surface area contributed by atoms with Crippen molar-refractivity contribution in [3.05, 3.63) is 49.8 Å². The maximum atomic E-state index is 12.4. The number of amides is 2. The van der Waals surface area contributed by atoms with Gasteiger partial charge in [-0.15, -0.1) is 11.3 Å². The summed E-state index contributed by atoms with van der Waals surface area (Å²) in [5, 5.41) is 6.77. The number of benzene rings is 1. The normalized spacial score (nSPS) is 15.7. The predicted molar refractivity (Wildman–Crippen MR) is 114 cm³/mol. The molecular formula is C18H17Cl2N3O2S2. The van der Waals surface area contributed by atoms with Crippen LogP contribution in [0, 0.1) is 5.92 Å². The molecule has 2 aromatic rings. The Balaban J connectivity index is 1.79. The van der Waals surface area contributed by atoms with Crippen LogP contribution in [0.3, 0.4) is 0 Å². The van der Waals surface area contributed by atoms with Gasteiger partial charge in [-0.05, 0) is 61.2 Å². The van der Waals surface area contributed by atoms with E-state index in [0.717, 1.165) is 29.7 Å². The van der Waals surface area contributed by atoms with Crippen LogP contribution in [-0.2, 0) is 12.8 Å². The molecule has 0 radical (unpaired) electrons. The van der Waals surface area contributed by atoms with Crippen molar-refractivity contribution in [1.29, 1.82) is 0 Å². The van der Waals surface area contributed by atoms with Gasteiger partial charge in [0.1, 0.15) is 5.00 Å². The van der Waals surface area contributed by atoms with Crippen LogP contribution < -0.4 is 16.4 Å². The first-order valence-corrected chi connectivity index (χ1v) is 10.3. The smallest absolute Gasteiger partial charge is 0.258 e. The number of thiocarbonyl (C=S) groups is 1. The number of rotatable bonds is 3. The van der Waals surface area contributed by atoms with E-state index in [1.807, 2.05) is 0 Å². The molecule has 1 aliphatic rings. The van der Waals surface area contributed by atoms with Crippen molar-refractivity contribution in [2.75, 3.05) is 5.32 Å². The van der Waals surface area contributed by atoms with Crippen molar-refractivity contribution < 1.29 is 9.59 Å². The summed E-state index contributed by atoms with van der Waals surface area (Å²) in [5.74, 6) is -0.437. The summed E-state index contributed by atoms with van der Waals surface area (Å²) in [6, 6.07) is 4.59. The quantitative estimate of drug-likeness (QED) is 0.615. The zero-order valence-electron chi connectivity index (χ0n) is 14.4. The Hall–Kier alpha value is -1.67. The van der Waals surface area contributed by atoms with Crippen LogP contribution in [0.4, 0.5) is 5.00 Å². The molecular weight excluding hydrogens is 425 g/mol.